The first-order valence-corrected chi connectivity index (χ1v) is 7.14. The maximum Gasteiger partial charge on any atom is 0.334 e. The Kier molecular flexibility index (Phi) is 3.50. The average molecular weight is 277 g/mol. The lowest BCUT2D eigenvalue weighted by Crippen LogP contribution is -2.45. The summed E-state index contributed by atoms with van der Waals surface area (Å²) in [6.07, 6.45) is -0.696. The molecule has 4 nitrogen and oxygen atoms in total. The second-order valence-corrected chi connectivity index (χ2v) is 5.60. The van der Waals surface area contributed by atoms with E-state index in [-0.39, 0.29) is 0 Å². The molecule has 1 saturated heterocycles. The van der Waals surface area contributed by atoms with Gasteiger partial charge in [0.25, 0.3) is 0 Å². The molecule has 3 rings (SSSR count). The zero-order valence-electron chi connectivity index (χ0n) is 10.4. The number of carboxylic acid groups (broad SMARTS) is 1. The molecule has 1 aromatic heterocycles. The van der Waals surface area contributed by atoms with Crippen LogP contribution in [0.5, 0.6) is 0 Å². The molecule has 1 N–H and O–H groups in total. The van der Waals surface area contributed by atoms with E-state index in [0.29, 0.717) is 13.2 Å². The Balaban J connectivity index is 1.76. The molecule has 19 heavy (non-hydrogen) atoms. The third-order valence-corrected chi connectivity index (χ3v) is 4.39. The zero-order valence-corrected chi connectivity index (χ0v) is 11.2. The standard InChI is InChI=1S/C14H15NO3S/c16-14(17)12-8-15(5-6-18-12)7-10-9-19-13-4-2-1-3-11(10)13/h1-4,9,12H,5-8H2,(H,16,17)/t12-/m1/s1. The lowest BCUT2D eigenvalue weighted by molar-refractivity contribution is -0.156. The number of aliphatic carboxylic acids is 1. The van der Waals surface area contributed by atoms with E-state index in [4.69, 9.17) is 9.84 Å². The fourth-order valence-corrected chi connectivity index (χ4v) is 3.35. The highest BCUT2D eigenvalue weighted by molar-refractivity contribution is 7.17. The lowest BCUT2D eigenvalue weighted by Gasteiger charge is -2.30. The zero-order chi connectivity index (χ0) is 13.2. The minimum atomic E-state index is -0.875. The van der Waals surface area contributed by atoms with Crippen LogP contribution in [0.25, 0.3) is 10.1 Å². The second kappa shape index (κ2) is 5.28. The minimum Gasteiger partial charge on any atom is -0.479 e. The monoisotopic (exact) mass is 277 g/mol. The molecule has 1 fully saturated rings. The summed E-state index contributed by atoms with van der Waals surface area (Å²) >= 11 is 1.74. The number of nitrogens with zero attached hydrogens (tertiary/aromatic N) is 1. The summed E-state index contributed by atoms with van der Waals surface area (Å²) < 4.78 is 6.52. The van der Waals surface area contributed by atoms with E-state index in [2.05, 4.69) is 22.4 Å². The summed E-state index contributed by atoms with van der Waals surface area (Å²) in [6.45, 7) is 2.52. The maximum atomic E-state index is 11.0. The Hall–Kier alpha value is -1.43. The highest BCUT2D eigenvalue weighted by Gasteiger charge is 2.26. The molecule has 0 aliphatic carbocycles. The number of hydrogen-bond acceptors (Lipinski definition) is 4. The Bertz CT molecular complexity index is 595. The number of rotatable bonds is 3. The molecular formula is C14H15NO3S. The van der Waals surface area contributed by atoms with Crippen molar-refractivity contribution in [2.24, 2.45) is 0 Å². The van der Waals surface area contributed by atoms with Crippen molar-refractivity contribution in [3.05, 3.63) is 35.2 Å². The van der Waals surface area contributed by atoms with Crippen LogP contribution in [0.4, 0.5) is 0 Å². The third kappa shape index (κ3) is 2.63. The summed E-state index contributed by atoms with van der Waals surface area (Å²) in [7, 11) is 0. The smallest absolute Gasteiger partial charge is 0.334 e. The summed E-state index contributed by atoms with van der Waals surface area (Å²) in [6, 6.07) is 8.31. The summed E-state index contributed by atoms with van der Waals surface area (Å²) in [5.41, 5.74) is 1.27. The Morgan fingerprint density at radius 1 is 1.47 bits per heavy atom. The van der Waals surface area contributed by atoms with E-state index in [1.807, 2.05) is 12.1 Å². The molecule has 0 saturated carbocycles. The van der Waals surface area contributed by atoms with Crippen LogP contribution < -0.4 is 0 Å². The summed E-state index contributed by atoms with van der Waals surface area (Å²) in [4.78, 5) is 13.1. The van der Waals surface area contributed by atoms with Gasteiger partial charge in [-0.25, -0.2) is 4.79 Å². The highest BCUT2D eigenvalue weighted by Crippen LogP contribution is 2.27. The molecule has 5 heteroatoms. The van der Waals surface area contributed by atoms with Crippen LogP contribution in [0.15, 0.2) is 29.6 Å². The quantitative estimate of drug-likeness (QED) is 0.934. The minimum absolute atomic E-state index is 0.458. The molecule has 1 atom stereocenters. The molecule has 0 unspecified atom stereocenters. The molecule has 1 aliphatic heterocycles. The molecule has 1 aromatic carbocycles. The van der Waals surface area contributed by atoms with Gasteiger partial charge in [-0.15, -0.1) is 11.3 Å². The average Bonchev–Trinajstić information content (AvgIpc) is 2.83. The number of thiophene rings is 1. The van der Waals surface area contributed by atoms with Crippen LogP contribution in [-0.2, 0) is 16.1 Å². The first-order valence-electron chi connectivity index (χ1n) is 6.26. The van der Waals surface area contributed by atoms with E-state index >= 15 is 0 Å². The summed E-state index contributed by atoms with van der Waals surface area (Å²) in [5, 5.41) is 12.4. The molecule has 0 bridgehead atoms. The van der Waals surface area contributed by atoms with Crippen LogP contribution in [0, 0.1) is 0 Å². The molecule has 0 spiro atoms. The number of ether oxygens (including phenoxy) is 1. The van der Waals surface area contributed by atoms with E-state index in [0.717, 1.165) is 13.1 Å². The summed E-state index contributed by atoms with van der Waals surface area (Å²) in [5.74, 6) is -0.875. The topological polar surface area (TPSA) is 49.8 Å². The molecule has 0 radical (unpaired) electrons. The van der Waals surface area contributed by atoms with Crippen LogP contribution in [0.2, 0.25) is 0 Å². The van der Waals surface area contributed by atoms with Gasteiger partial charge >= 0.3 is 5.97 Å². The van der Waals surface area contributed by atoms with Crippen molar-refractivity contribution in [1.29, 1.82) is 0 Å². The molecular weight excluding hydrogens is 262 g/mol. The molecule has 100 valence electrons. The van der Waals surface area contributed by atoms with Crippen molar-refractivity contribution in [2.45, 2.75) is 12.6 Å². The van der Waals surface area contributed by atoms with Gasteiger partial charge in [0.05, 0.1) is 6.61 Å². The van der Waals surface area contributed by atoms with Crippen LogP contribution in [-0.4, -0.2) is 41.8 Å². The second-order valence-electron chi connectivity index (χ2n) is 4.69. The third-order valence-electron chi connectivity index (χ3n) is 3.38. The van der Waals surface area contributed by atoms with Crippen molar-refractivity contribution in [1.82, 2.24) is 4.90 Å². The SMILES string of the molecule is O=C(O)[C@H]1CN(Cc2csc3ccccc23)CCO1. The largest absolute Gasteiger partial charge is 0.479 e. The van der Waals surface area contributed by atoms with Crippen molar-refractivity contribution in [2.75, 3.05) is 19.7 Å². The number of hydrogen-bond donors (Lipinski definition) is 1. The Morgan fingerprint density at radius 3 is 3.16 bits per heavy atom. The Morgan fingerprint density at radius 2 is 2.32 bits per heavy atom. The molecule has 2 aromatic rings. The van der Waals surface area contributed by atoms with Gasteiger partial charge in [0.15, 0.2) is 6.10 Å². The first kappa shape index (κ1) is 12.6. The van der Waals surface area contributed by atoms with E-state index in [9.17, 15) is 4.79 Å². The first-order chi connectivity index (χ1) is 9.24. The number of carbonyl (C=O) groups is 1. The number of morpholine rings is 1. The predicted octanol–water partition coefficient (Wildman–Crippen LogP) is 2.19. The highest BCUT2D eigenvalue weighted by atomic mass is 32.1. The van der Waals surface area contributed by atoms with Gasteiger partial charge in [-0.3, -0.25) is 4.90 Å². The van der Waals surface area contributed by atoms with Gasteiger partial charge in [-0.1, -0.05) is 18.2 Å². The fraction of sp³-hybridized carbons (Fsp3) is 0.357. The molecule has 1 aliphatic rings. The van der Waals surface area contributed by atoms with Crippen molar-refractivity contribution in [3.63, 3.8) is 0 Å². The van der Waals surface area contributed by atoms with Crippen molar-refractivity contribution < 1.29 is 14.6 Å². The van der Waals surface area contributed by atoms with E-state index < -0.39 is 12.1 Å². The van der Waals surface area contributed by atoms with Crippen LogP contribution in [0.3, 0.4) is 0 Å². The van der Waals surface area contributed by atoms with Gasteiger partial charge in [0, 0.05) is 24.3 Å². The maximum absolute atomic E-state index is 11.0. The van der Waals surface area contributed by atoms with Crippen molar-refractivity contribution >= 4 is 27.4 Å². The van der Waals surface area contributed by atoms with Gasteiger partial charge in [-0.2, -0.15) is 0 Å². The normalized spacial score (nSPS) is 20.7. The number of fused-ring (bicyclic) bond motifs is 1. The van der Waals surface area contributed by atoms with Gasteiger partial charge < -0.3 is 9.84 Å². The molecule has 2 heterocycles. The lowest BCUT2D eigenvalue weighted by atomic mass is 10.1. The van der Waals surface area contributed by atoms with Gasteiger partial charge in [0.1, 0.15) is 0 Å². The fourth-order valence-electron chi connectivity index (χ4n) is 2.39. The number of benzene rings is 1. The van der Waals surface area contributed by atoms with Crippen LogP contribution in [0.1, 0.15) is 5.56 Å². The number of carboxylic acids is 1. The Labute approximate surface area is 115 Å². The van der Waals surface area contributed by atoms with E-state index in [1.165, 1.54) is 15.6 Å². The van der Waals surface area contributed by atoms with Gasteiger partial charge in [-0.05, 0) is 22.4 Å². The van der Waals surface area contributed by atoms with Crippen LogP contribution >= 0.6 is 11.3 Å². The predicted molar refractivity (Wildman–Crippen MR) is 74.5 cm³/mol. The van der Waals surface area contributed by atoms with Crippen molar-refractivity contribution in [3.8, 4) is 0 Å². The van der Waals surface area contributed by atoms with Gasteiger partial charge in [0.2, 0.25) is 0 Å². The molecule has 0 amide bonds. The van der Waals surface area contributed by atoms with E-state index in [1.54, 1.807) is 11.3 Å².